The quantitative estimate of drug-likeness (QED) is 0.807. The van der Waals surface area contributed by atoms with Crippen molar-refractivity contribution in [3.8, 4) is 0 Å². The Balaban J connectivity index is 2.59. The van der Waals surface area contributed by atoms with Gasteiger partial charge in [0, 0.05) is 11.4 Å². The van der Waals surface area contributed by atoms with E-state index in [4.69, 9.17) is 0 Å². The fraction of sp³-hybridized carbons (Fsp3) is 0.300. The van der Waals surface area contributed by atoms with Gasteiger partial charge >= 0.3 is 12.4 Å². The predicted octanol–water partition coefficient (Wildman–Crippen LogP) is 3.19. The number of carbonyl (C=O) groups excluding carboxylic acids is 1. The third-order valence-corrected chi connectivity index (χ3v) is 1.69. The van der Waals surface area contributed by atoms with E-state index in [0.717, 1.165) is 0 Å². The Bertz CT molecular complexity index is 376. The fourth-order valence-corrected chi connectivity index (χ4v) is 1.09. The van der Waals surface area contributed by atoms with Gasteiger partial charge in [-0.1, -0.05) is 0 Å². The van der Waals surface area contributed by atoms with Gasteiger partial charge in [0.25, 0.3) is 0 Å². The molecule has 1 aromatic carbocycles. The van der Waals surface area contributed by atoms with Crippen LogP contribution >= 0.6 is 0 Å². The maximum Gasteiger partial charge on any atom is 0.482 e. The fourth-order valence-electron chi connectivity index (χ4n) is 1.09. The van der Waals surface area contributed by atoms with E-state index in [1.54, 1.807) is 6.92 Å². The van der Waals surface area contributed by atoms with E-state index in [1.807, 2.05) is 0 Å². The largest absolute Gasteiger partial charge is 0.482 e. The minimum Gasteiger partial charge on any atom is -0.450 e. The molecular weight excluding hydrogens is 237 g/mol. The number of alkyl halides is 3. The van der Waals surface area contributed by atoms with Crippen LogP contribution in [0.15, 0.2) is 24.3 Å². The van der Waals surface area contributed by atoms with E-state index in [2.05, 4.69) is 10.1 Å². The van der Waals surface area contributed by atoms with E-state index < -0.39 is 12.4 Å². The van der Waals surface area contributed by atoms with E-state index in [-0.39, 0.29) is 12.3 Å². The highest BCUT2D eigenvalue weighted by Gasteiger charge is 2.26. The van der Waals surface area contributed by atoms with Crippen LogP contribution in [0.4, 0.5) is 29.3 Å². The number of amides is 1. The van der Waals surface area contributed by atoms with Gasteiger partial charge in [0.1, 0.15) is 0 Å². The van der Waals surface area contributed by atoms with Gasteiger partial charge in [-0.05, 0) is 31.2 Å². The zero-order valence-corrected chi connectivity index (χ0v) is 8.97. The number of hydrogen-bond acceptors (Lipinski definition) is 3. The molecule has 0 aliphatic carbocycles. The number of rotatable bonds is 3. The van der Waals surface area contributed by atoms with Gasteiger partial charge < -0.3 is 4.74 Å². The minimum atomic E-state index is -4.48. The molecule has 0 saturated carbocycles. The third-order valence-electron chi connectivity index (χ3n) is 1.69. The lowest BCUT2D eigenvalue weighted by atomic mass is 10.3. The normalized spacial score (nSPS) is 10.8. The van der Waals surface area contributed by atoms with E-state index in [0.29, 0.717) is 5.69 Å². The van der Waals surface area contributed by atoms with Crippen LogP contribution in [0, 0.1) is 0 Å². The highest BCUT2D eigenvalue weighted by atomic mass is 19.4. The predicted molar refractivity (Wildman–Crippen MR) is 56.8 cm³/mol. The Morgan fingerprint density at radius 3 is 2.24 bits per heavy atom. The van der Waals surface area contributed by atoms with E-state index in [1.165, 1.54) is 29.6 Å². The zero-order chi connectivity index (χ0) is 12.9. The number of benzene rings is 1. The molecule has 1 rings (SSSR count). The first-order chi connectivity index (χ1) is 7.90. The summed E-state index contributed by atoms with van der Waals surface area (Å²) in [5.41, 5.74) is 0.253. The van der Waals surface area contributed by atoms with Crippen LogP contribution in [0.25, 0.3) is 0 Å². The van der Waals surface area contributed by atoms with Crippen molar-refractivity contribution in [2.24, 2.45) is 0 Å². The van der Waals surface area contributed by atoms with Crippen molar-refractivity contribution in [1.82, 2.24) is 0 Å². The van der Waals surface area contributed by atoms with Gasteiger partial charge in [-0.2, -0.15) is 13.2 Å². The molecule has 0 atom stereocenters. The van der Waals surface area contributed by atoms with Crippen molar-refractivity contribution in [1.29, 1.82) is 0 Å². The molecule has 0 aliphatic rings. The Morgan fingerprint density at radius 1 is 1.24 bits per heavy atom. The Labute approximate surface area is 95.8 Å². The Kier molecular flexibility index (Phi) is 4.19. The summed E-state index contributed by atoms with van der Waals surface area (Å²) in [5, 5.41) is 3.71. The minimum absolute atomic E-state index is 0.105. The molecule has 0 radical (unpaired) electrons. The molecule has 0 saturated heterocycles. The van der Waals surface area contributed by atoms with Crippen LogP contribution < -0.4 is 10.6 Å². The second-order valence-corrected chi connectivity index (χ2v) is 3.05. The van der Waals surface area contributed by atoms with Crippen molar-refractivity contribution in [3.05, 3.63) is 24.3 Å². The van der Waals surface area contributed by atoms with Crippen LogP contribution in [0.3, 0.4) is 0 Å². The summed E-state index contributed by atoms with van der Waals surface area (Å²) in [7, 11) is 0. The number of ether oxygens (including phenoxy) is 1. The average molecular weight is 248 g/mol. The van der Waals surface area contributed by atoms with Gasteiger partial charge in [-0.25, -0.2) is 4.79 Å². The summed E-state index contributed by atoms with van der Waals surface area (Å²) in [5.74, 6) is 0. The molecule has 0 heterocycles. The van der Waals surface area contributed by atoms with Crippen molar-refractivity contribution >= 4 is 17.5 Å². The molecule has 17 heavy (non-hydrogen) atoms. The first-order valence-electron chi connectivity index (χ1n) is 4.79. The van der Waals surface area contributed by atoms with Gasteiger partial charge in [-0.15, -0.1) is 0 Å². The highest BCUT2D eigenvalue weighted by molar-refractivity contribution is 5.84. The number of carbonyl (C=O) groups is 1. The SMILES string of the molecule is CCOC(=O)Nc1ccc(NC(F)(F)F)cc1. The van der Waals surface area contributed by atoms with Crippen LogP contribution in [0.1, 0.15) is 6.92 Å². The highest BCUT2D eigenvalue weighted by Crippen LogP contribution is 2.21. The summed E-state index contributed by atoms with van der Waals surface area (Å²) in [6.07, 6.45) is -5.13. The van der Waals surface area contributed by atoms with Crippen molar-refractivity contribution < 1.29 is 22.7 Å². The van der Waals surface area contributed by atoms with Gasteiger partial charge in [0.15, 0.2) is 0 Å². The molecule has 0 aromatic heterocycles. The molecule has 7 heteroatoms. The average Bonchev–Trinajstić information content (AvgIpc) is 2.19. The summed E-state index contributed by atoms with van der Waals surface area (Å²) in [4.78, 5) is 11.0. The first kappa shape index (κ1) is 13.1. The smallest absolute Gasteiger partial charge is 0.450 e. The lowest BCUT2D eigenvalue weighted by molar-refractivity contribution is -0.0999. The van der Waals surface area contributed by atoms with Gasteiger partial charge in [-0.3, -0.25) is 10.6 Å². The Morgan fingerprint density at radius 2 is 1.76 bits per heavy atom. The molecule has 1 amide bonds. The first-order valence-corrected chi connectivity index (χ1v) is 4.79. The molecular formula is C10H11F3N2O2. The zero-order valence-electron chi connectivity index (χ0n) is 8.97. The monoisotopic (exact) mass is 248 g/mol. The number of anilines is 2. The van der Waals surface area contributed by atoms with Crippen molar-refractivity contribution in [2.75, 3.05) is 17.2 Å². The second kappa shape index (κ2) is 5.42. The van der Waals surface area contributed by atoms with Crippen LogP contribution in [-0.4, -0.2) is 19.0 Å². The Hall–Kier alpha value is -1.92. The van der Waals surface area contributed by atoms with Crippen LogP contribution in [-0.2, 0) is 4.74 Å². The molecule has 1 aromatic rings. The lowest BCUT2D eigenvalue weighted by Crippen LogP contribution is -2.20. The third kappa shape index (κ3) is 5.10. The summed E-state index contributed by atoms with van der Waals surface area (Å²) >= 11 is 0. The van der Waals surface area contributed by atoms with E-state index in [9.17, 15) is 18.0 Å². The molecule has 4 nitrogen and oxygen atoms in total. The molecule has 0 aliphatic heterocycles. The summed E-state index contributed by atoms with van der Waals surface area (Å²) < 4.78 is 40.5. The maximum atomic E-state index is 12.0. The van der Waals surface area contributed by atoms with Crippen LogP contribution in [0.5, 0.6) is 0 Å². The maximum absolute atomic E-state index is 12.0. The number of halogens is 3. The van der Waals surface area contributed by atoms with Crippen molar-refractivity contribution in [2.45, 2.75) is 13.2 Å². The lowest BCUT2D eigenvalue weighted by Gasteiger charge is -2.10. The van der Waals surface area contributed by atoms with E-state index >= 15 is 0 Å². The second-order valence-electron chi connectivity index (χ2n) is 3.05. The molecule has 0 bridgehead atoms. The molecule has 2 N–H and O–H groups in total. The van der Waals surface area contributed by atoms with Gasteiger partial charge in [0.2, 0.25) is 0 Å². The standard InChI is InChI=1S/C10H11F3N2O2/c1-2-17-9(16)14-7-3-5-8(6-4-7)15-10(11,12)13/h3-6,15H,2H2,1H3,(H,14,16). The number of hydrogen-bond donors (Lipinski definition) is 2. The molecule has 0 unspecified atom stereocenters. The summed E-state index contributed by atoms with van der Waals surface area (Å²) in [6.45, 7) is 1.87. The van der Waals surface area contributed by atoms with Gasteiger partial charge in [0.05, 0.1) is 6.61 Å². The summed E-state index contributed by atoms with van der Waals surface area (Å²) in [6, 6.07) is 5.08. The molecule has 0 fully saturated rings. The van der Waals surface area contributed by atoms with Crippen molar-refractivity contribution in [3.63, 3.8) is 0 Å². The van der Waals surface area contributed by atoms with Crippen LogP contribution in [0.2, 0.25) is 0 Å². The molecule has 0 spiro atoms. The molecule has 94 valence electrons. The number of nitrogens with one attached hydrogen (secondary N) is 2. The topological polar surface area (TPSA) is 50.4 Å².